The van der Waals surface area contributed by atoms with Crippen molar-refractivity contribution in [1.29, 1.82) is 0 Å². The summed E-state index contributed by atoms with van der Waals surface area (Å²) in [5.74, 6) is -0.224. The second-order valence-electron chi connectivity index (χ2n) is 5.84. The number of hydrogen-bond donors (Lipinski definition) is 0. The Bertz CT molecular complexity index is 859. The van der Waals surface area contributed by atoms with Crippen LogP contribution in [0.4, 0.5) is 10.1 Å². The monoisotopic (exact) mass is 316 g/mol. The lowest BCUT2D eigenvalue weighted by Crippen LogP contribution is -2.18. The van der Waals surface area contributed by atoms with Gasteiger partial charge in [0.25, 0.3) is 0 Å². The Kier molecular flexibility index (Phi) is 3.83. The van der Waals surface area contributed by atoms with Crippen molar-refractivity contribution < 1.29 is 4.39 Å². The van der Waals surface area contributed by atoms with Gasteiger partial charge in [-0.2, -0.15) is 5.10 Å². The normalized spacial score (nSPS) is 17.0. The van der Waals surface area contributed by atoms with E-state index in [1.165, 1.54) is 11.6 Å². The molecule has 0 radical (unpaired) electrons. The van der Waals surface area contributed by atoms with Crippen molar-refractivity contribution in [3.8, 4) is 0 Å². The second kappa shape index (κ2) is 6.28. The van der Waals surface area contributed by atoms with E-state index in [1.807, 2.05) is 59.6 Å². The molecule has 3 aromatic carbocycles. The van der Waals surface area contributed by atoms with Crippen molar-refractivity contribution in [3.05, 3.63) is 102 Å². The summed E-state index contributed by atoms with van der Waals surface area (Å²) >= 11 is 0. The molecular weight excluding hydrogens is 299 g/mol. The van der Waals surface area contributed by atoms with Crippen LogP contribution in [0.3, 0.4) is 0 Å². The van der Waals surface area contributed by atoms with E-state index < -0.39 is 0 Å². The van der Waals surface area contributed by atoms with Crippen LogP contribution in [-0.2, 0) is 0 Å². The number of para-hydroxylation sites is 1. The molecule has 1 atom stereocenters. The van der Waals surface area contributed by atoms with E-state index in [-0.39, 0.29) is 11.9 Å². The average molecular weight is 316 g/mol. The van der Waals surface area contributed by atoms with Crippen LogP contribution in [0.15, 0.2) is 90.0 Å². The van der Waals surface area contributed by atoms with Gasteiger partial charge in [-0.1, -0.05) is 66.7 Å². The van der Waals surface area contributed by atoms with E-state index in [2.05, 4.69) is 12.1 Å². The molecule has 1 aliphatic rings. The highest BCUT2D eigenvalue weighted by molar-refractivity contribution is 6.03. The highest BCUT2D eigenvalue weighted by Crippen LogP contribution is 2.36. The molecule has 0 N–H and O–H groups in total. The number of hydrazone groups is 1. The van der Waals surface area contributed by atoms with Crippen LogP contribution in [0, 0.1) is 5.82 Å². The third-order valence-electron chi connectivity index (χ3n) is 4.30. The molecule has 1 heterocycles. The van der Waals surface area contributed by atoms with Crippen LogP contribution in [0.5, 0.6) is 0 Å². The smallest absolute Gasteiger partial charge is 0.132 e. The molecule has 118 valence electrons. The molecule has 0 bridgehead atoms. The second-order valence-corrected chi connectivity index (χ2v) is 5.84. The Morgan fingerprint density at radius 1 is 0.792 bits per heavy atom. The Labute approximate surface area is 140 Å². The van der Waals surface area contributed by atoms with E-state index in [1.54, 1.807) is 12.1 Å². The molecule has 0 spiro atoms. The molecule has 0 aliphatic carbocycles. The number of nitrogens with zero attached hydrogens (tertiary/aromatic N) is 2. The van der Waals surface area contributed by atoms with Gasteiger partial charge in [-0.05, 0) is 23.8 Å². The molecule has 3 aromatic rings. The lowest BCUT2D eigenvalue weighted by atomic mass is 9.98. The van der Waals surface area contributed by atoms with Crippen molar-refractivity contribution in [2.75, 3.05) is 5.01 Å². The number of anilines is 1. The Balaban J connectivity index is 1.77. The molecule has 1 aliphatic heterocycles. The predicted molar refractivity (Wildman–Crippen MR) is 95.7 cm³/mol. The van der Waals surface area contributed by atoms with Gasteiger partial charge in [-0.25, -0.2) is 4.39 Å². The third-order valence-corrected chi connectivity index (χ3v) is 4.30. The first kappa shape index (κ1) is 14.6. The van der Waals surface area contributed by atoms with Gasteiger partial charge in [0.05, 0.1) is 17.4 Å². The van der Waals surface area contributed by atoms with Crippen molar-refractivity contribution in [2.45, 2.75) is 12.5 Å². The predicted octanol–water partition coefficient (Wildman–Crippen LogP) is 5.18. The molecule has 0 amide bonds. The Morgan fingerprint density at radius 3 is 2.12 bits per heavy atom. The molecule has 4 rings (SSSR count). The van der Waals surface area contributed by atoms with Crippen LogP contribution >= 0.6 is 0 Å². The van der Waals surface area contributed by atoms with Crippen LogP contribution in [0.25, 0.3) is 0 Å². The largest absolute Gasteiger partial charge is 0.257 e. The van der Waals surface area contributed by atoms with Crippen molar-refractivity contribution in [3.63, 3.8) is 0 Å². The standard InChI is InChI=1S/C21H17FN2/c22-19-14-8-7-13-18(19)20-15-21(16-9-3-1-4-10-16)24(23-20)17-11-5-2-6-12-17/h1-14,21H,15H2/t21-/m0/s1. The zero-order chi connectivity index (χ0) is 16.4. The minimum atomic E-state index is -0.224. The molecule has 2 nitrogen and oxygen atoms in total. The first-order chi connectivity index (χ1) is 11.8. The summed E-state index contributed by atoms with van der Waals surface area (Å²) in [7, 11) is 0. The maximum absolute atomic E-state index is 14.2. The summed E-state index contributed by atoms with van der Waals surface area (Å²) in [6.45, 7) is 0. The molecule has 0 unspecified atom stereocenters. The summed E-state index contributed by atoms with van der Waals surface area (Å²) in [5.41, 5.74) is 3.55. The maximum atomic E-state index is 14.2. The van der Waals surface area contributed by atoms with Gasteiger partial charge in [0.2, 0.25) is 0 Å². The number of benzene rings is 3. The highest BCUT2D eigenvalue weighted by atomic mass is 19.1. The Hall–Kier alpha value is -2.94. The highest BCUT2D eigenvalue weighted by Gasteiger charge is 2.30. The van der Waals surface area contributed by atoms with Gasteiger partial charge >= 0.3 is 0 Å². The molecule has 0 saturated carbocycles. The van der Waals surface area contributed by atoms with Crippen LogP contribution in [-0.4, -0.2) is 5.71 Å². The minimum Gasteiger partial charge on any atom is -0.257 e. The summed E-state index contributed by atoms with van der Waals surface area (Å²) in [6, 6.07) is 27.2. The first-order valence-corrected chi connectivity index (χ1v) is 8.04. The zero-order valence-electron chi connectivity index (χ0n) is 13.1. The topological polar surface area (TPSA) is 15.6 Å². The molecule has 0 fully saturated rings. The van der Waals surface area contributed by atoms with E-state index in [0.29, 0.717) is 12.0 Å². The lowest BCUT2D eigenvalue weighted by molar-refractivity contribution is 0.624. The van der Waals surface area contributed by atoms with Gasteiger partial charge in [-0.15, -0.1) is 0 Å². The minimum absolute atomic E-state index is 0.0724. The fourth-order valence-corrected chi connectivity index (χ4v) is 3.12. The molecule has 24 heavy (non-hydrogen) atoms. The number of halogens is 1. The Morgan fingerprint density at radius 2 is 1.42 bits per heavy atom. The third kappa shape index (κ3) is 2.69. The van der Waals surface area contributed by atoms with Crippen LogP contribution in [0.1, 0.15) is 23.6 Å². The summed E-state index contributed by atoms with van der Waals surface area (Å²) in [6.07, 6.45) is 0.680. The quantitative estimate of drug-likeness (QED) is 0.650. The molecular formula is C21H17FN2. The van der Waals surface area contributed by atoms with E-state index >= 15 is 0 Å². The van der Waals surface area contributed by atoms with Gasteiger partial charge in [0.1, 0.15) is 5.82 Å². The summed E-state index contributed by atoms with van der Waals surface area (Å²) in [5, 5.41) is 6.75. The summed E-state index contributed by atoms with van der Waals surface area (Å²) in [4.78, 5) is 0. The van der Waals surface area contributed by atoms with Crippen molar-refractivity contribution in [2.24, 2.45) is 5.10 Å². The molecule has 3 heteroatoms. The first-order valence-electron chi connectivity index (χ1n) is 8.04. The summed E-state index contributed by atoms with van der Waals surface area (Å²) < 4.78 is 14.2. The lowest BCUT2D eigenvalue weighted by Gasteiger charge is -2.23. The maximum Gasteiger partial charge on any atom is 0.132 e. The van der Waals surface area contributed by atoms with Crippen LogP contribution in [0.2, 0.25) is 0 Å². The van der Waals surface area contributed by atoms with Crippen molar-refractivity contribution >= 4 is 11.4 Å². The zero-order valence-corrected chi connectivity index (χ0v) is 13.1. The van der Waals surface area contributed by atoms with Gasteiger partial charge < -0.3 is 0 Å². The fourth-order valence-electron chi connectivity index (χ4n) is 3.12. The molecule has 0 saturated heterocycles. The van der Waals surface area contributed by atoms with Crippen molar-refractivity contribution in [1.82, 2.24) is 0 Å². The number of hydrogen-bond acceptors (Lipinski definition) is 2. The van der Waals surface area contributed by atoms with Gasteiger partial charge in [0.15, 0.2) is 0 Å². The average Bonchev–Trinajstić information content (AvgIpc) is 3.09. The SMILES string of the molecule is Fc1ccccc1C1=NN(c2ccccc2)[C@H](c2ccccc2)C1. The van der Waals surface area contributed by atoms with E-state index in [4.69, 9.17) is 5.10 Å². The van der Waals surface area contributed by atoms with E-state index in [9.17, 15) is 4.39 Å². The van der Waals surface area contributed by atoms with E-state index in [0.717, 1.165) is 11.4 Å². The molecule has 0 aromatic heterocycles. The van der Waals surface area contributed by atoms with Crippen LogP contribution < -0.4 is 5.01 Å². The fraction of sp³-hybridized carbons (Fsp3) is 0.0952. The van der Waals surface area contributed by atoms with Gasteiger partial charge in [0, 0.05) is 12.0 Å². The van der Waals surface area contributed by atoms with Gasteiger partial charge in [-0.3, -0.25) is 5.01 Å². The number of rotatable bonds is 3.